The van der Waals surface area contributed by atoms with Crippen molar-refractivity contribution in [3.63, 3.8) is 0 Å². The predicted molar refractivity (Wildman–Crippen MR) is 89.0 cm³/mol. The lowest BCUT2D eigenvalue weighted by Gasteiger charge is -2.09. The molecule has 0 fully saturated rings. The smallest absolute Gasteiger partial charge is 0.337 e. The molecule has 0 heterocycles. The number of rotatable bonds is 6. The Morgan fingerprint density at radius 2 is 1.43 bits per heavy atom. The van der Waals surface area contributed by atoms with Crippen LogP contribution in [0.4, 0.5) is 0 Å². The predicted octanol–water partition coefficient (Wildman–Crippen LogP) is 2.13. The van der Waals surface area contributed by atoms with Crippen LogP contribution in [-0.4, -0.2) is 34.9 Å². The molecule has 0 saturated heterocycles. The topological polar surface area (TPSA) is 89.8 Å². The maximum atomic E-state index is 10.2. The average Bonchev–Trinajstić information content (AvgIpc) is 2.61. The lowest BCUT2D eigenvalue weighted by molar-refractivity contribution is -0.146. The molecule has 0 aromatic heterocycles. The number of nitrogens with one attached hydrogen (secondary N) is 1. The number of carboxylic acid groups (broad SMARTS) is 1. The van der Waals surface area contributed by atoms with Gasteiger partial charge in [-0.1, -0.05) is 60.7 Å². The van der Waals surface area contributed by atoms with E-state index in [0.29, 0.717) is 5.56 Å². The standard InChI is InChI=1S/C10H15NO.C8H8O3/c1-11-8-7-10(12)9-5-3-2-4-6-9;9-7(8(10)11)6-4-2-1-3-5-6/h2-6,10-12H,7-8H2,1H3;1-5,7,9H,(H,10,11)/t10-;7-/m10/s1. The Morgan fingerprint density at radius 1 is 0.957 bits per heavy atom. The maximum absolute atomic E-state index is 10.2. The molecule has 0 aliphatic carbocycles. The highest BCUT2D eigenvalue weighted by molar-refractivity contribution is 5.73. The molecule has 0 spiro atoms. The van der Waals surface area contributed by atoms with Gasteiger partial charge in [-0.2, -0.15) is 0 Å². The minimum Gasteiger partial charge on any atom is -0.479 e. The quantitative estimate of drug-likeness (QED) is 0.655. The summed E-state index contributed by atoms with van der Waals surface area (Å²) in [4.78, 5) is 10.2. The Balaban J connectivity index is 0.000000231. The number of hydrogen-bond donors (Lipinski definition) is 4. The van der Waals surface area contributed by atoms with Gasteiger partial charge in [0.1, 0.15) is 0 Å². The summed E-state index contributed by atoms with van der Waals surface area (Å²) >= 11 is 0. The third kappa shape index (κ3) is 7.06. The van der Waals surface area contributed by atoms with Gasteiger partial charge in [-0.15, -0.1) is 0 Å². The zero-order valence-corrected chi connectivity index (χ0v) is 13.1. The number of carbonyl (C=O) groups is 1. The van der Waals surface area contributed by atoms with E-state index in [1.54, 1.807) is 30.3 Å². The van der Waals surface area contributed by atoms with Crippen molar-refractivity contribution in [2.45, 2.75) is 18.6 Å². The summed E-state index contributed by atoms with van der Waals surface area (Å²) in [6.07, 6.45) is -0.976. The first-order chi connectivity index (χ1) is 11.1. The van der Waals surface area contributed by atoms with Gasteiger partial charge in [-0.25, -0.2) is 4.79 Å². The van der Waals surface area contributed by atoms with Crippen LogP contribution in [0, 0.1) is 0 Å². The van der Waals surface area contributed by atoms with Crippen LogP contribution in [0.5, 0.6) is 0 Å². The second-order valence-corrected chi connectivity index (χ2v) is 4.97. The van der Waals surface area contributed by atoms with E-state index in [-0.39, 0.29) is 6.10 Å². The molecule has 0 aliphatic rings. The Kier molecular flexibility index (Phi) is 8.60. The molecular formula is C18H23NO4. The molecule has 0 saturated carbocycles. The van der Waals surface area contributed by atoms with Gasteiger partial charge in [0.25, 0.3) is 0 Å². The normalized spacial score (nSPS) is 12.7. The molecule has 0 bridgehead atoms. The van der Waals surface area contributed by atoms with Crippen molar-refractivity contribution in [3.8, 4) is 0 Å². The van der Waals surface area contributed by atoms with Gasteiger partial charge in [-0.05, 0) is 31.1 Å². The molecule has 0 unspecified atom stereocenters. The number of hydrogen-bond acceptors (Lipinski definition) is 4. The molecule has 5 heteroatoms. The number of benzene rings is 2. The number of aliphatic hydroxyl groups is 2. The van der Waals surface area contributed by atoms with Crippen LogP contribution >= 0.6 is 0 Å². The van der Waals surface area contributed by atoms with Crippen molar-refractivity contribution < 1.29 is 20.1 Å². The lowest BCUT2D eigenvalue weighted by atomic mass is 10.1. The van der Waals surface area contributed by atoms with E-state index < -0.39 is 12.1 Å². The van der Waals surface area contributed by atoms with Gasteiger partial charge >= 0.3 is 5.97 Å². The lowest BCUT2D eigenvalue weighted by Crippen LogP contribution is -2.11. The summed E-state index contributed by atoms with van der Waals surface area (Å²) < 4.78 is 0. The molecule has 2 rings (SSSR count). The van der Waals surface area contributed by atoms with Crippen LogP contribution in [0.3, 0.4) is 0 Å². The third-order valence-corrected chi connectivity index (χ3v) is 3.20. The van der Waals surface area contributed by atoms with Gasteiger partial charge in [-0.3, -0.25) is 0 Å². The van der Waals surface area contributed by atoms with Crippen molar-refractivity contribution in [1.82, 2.24) is 5.32 Å². The van der Waals surface area contributed by atoms with E-state index in [2.05, 4.69) is 5.32 Å². The van der Waals surface area contributed by atoms with Gasteiger partial charge in [0.15, 0.2) is 6.10 Å². The summed E-state index contributed by atoms with van der Waals surface area (Å²) in [6.45, 7) is 0.843. The average molecular weight is 317 g/mol. The Morgan fingerprint density at radius 3 is 1.87 bits per heavy atom. The molecule has 2 atom stereocenters. The Hall–Kier alpha value is -2.21. The monoisotopic (exact) mass is 317 g/mol. The van der Waals surface area contributed by atoms with Crippen LogP contribution in [0.15, 0.2) is 60.7 Å². The fraction of sp³-hybridized carbons (Fsp3) is 0.278. The maximum Gasteiger partial charge on any atom is 0.337 e. The molecule has 0 radical (unpaired) electrons. The minimum atomic E-state index is -1.41. The van der Waals surface area contributed by atoms with E-state index >= 15 is 0 Å². The number of carboxylic acids is 1. The highest BCUT2D eigenvalue weighted by atomic mass is 16.4. The van der Waals surface area contributed by atoms with E-state index in [1.807, 2.05) is 37.4 Å². The molecule has 23 heavy (non-hydrogen) atoms. The highest BCUT2D eigenvalue weighted by Crippen LogP contribution is 2.14. The molecular weight excluding hydrogens is 294 g/mol. The number of aliphatic carboxylic acids is 1. The van der Waals surface area contributed by atoms with Crippen LogP contribution < -0.4 is 5.32 Å². The van der Waals surface area contributed by atoms with Gasteiger partial charge in [0.05, 0.1) is 6.10 Å². The first-order valence-corrected chi connectivity index (χ1v) is 7.39. The summed E-state index contributed by atoms with van der Waals surface area (Å²) in [6, 6.07) is 18.0. The van der Waals surface area contributed by atoms with E-state index in [0.717, 1.165) is 18.5 Å². The summed E-state index contributed by atoms with van der Waals surface area (Å²) in [5.74, 6) is -1.23. The van der Waals surface area contributed by atoms with Gasteiger partial charge in [0.2, 0.25) is 0 Å². The first kappa shape index (κ1) is 18.8. The second kappa shape index (κ2) is 10.5. The van der Waals surface area contributed by atoms with Crippen LogP contribution in [0.2, 0.25) is 0 Å². The molecule has 124 valence electrons. The summed E-state index contributed by atoms with van der Waals surface area (Å²) in [5, 5.41) is 30.0. The van der Waals surface area contributed by atoms with Crippen molar-refractivity contribution in [2.75, 3.05) is 13.6 Å². The molecule has 2 aromatic carbocycles. The fourth-order valence-corrected chi connectivity index (χ4v) is 1.90. The fourth-order valence-electron chi connectivity index (χ4n) is 1.90. The van der Waals surface area contributed by atoms with Gasteiger partial charge < -0.3 is 20.6 Å². The summed E-state index contributed by atoms with van der Waals surface area (Å²) in [7, 11) is 1.89. The molecule has 2 aromatic rings. The first-order valence-electron chi connectivity index (χ1n) is 7.39. The van der Waals surface area contributed by atoms with Crippen molar-refractivity contribution in [1.29, 1.82) is 0 Å². The SMILES string of the molecule is CNCC[C@@H](O)c1ccccc1.O=C(O)[C@@H](O)c1ccccc1. The highest BCUT2D eigenvalue weighted by Gasteiger charge is 2.14. The van der Waals surface area contributed by atoms with Crippen LogP contribution in [0.1, 0.15) is 29.8 Å². The zero-order chi connectivity index (χ0) is 17.1. The minimum absolute atomic E-state index is 0.335. The van der Waals surface area contributed by atoms with Crippen LogP contribution in [-0.2, 0) is 4.79 Å². The Bertz CT molecular complexity index is 560. The second-order valence-electron chi connectivity index (χ2n) is 4.97. The molecule has 0 aliphatic heterocycles. The Labute approximate surface area is 136 Å². The zero-order valence-electron chi connectivity index (χ0n) is 13.1. The van der Waals surface area contributed by atoms with Crippen molar-refractivity contribution in [2.24, 2.45) is 0 Å². The van der Waals surface area contributed by atoms with Crippen molar-refractivity contribution >= 4 is 5.97 Å². The molecule has 4 N–H and O–H groups in total. The molecule has 0 amide bonds. The van der Waals surface area contributed by atoms with E-state index in [9.17, 15) is 9.90 Å². The molecule has 5 nitrogen and oxygen atoms in total. The number of aliphatic hydroxyl groups excluding tert-OH is 2. The van der Waals surface area contributed by atoms with Gasteiger partial charge in [0, 0.05) is 0 Å². The van der Waals surface area contributed by atoms with E-state index in [1.165, 1.54) is 0 Å². The largest absolute Gasteiger partial charge is 0.479 e. The third-order valence-electron chi connectivity index (χ3n) is 3.20. The van der Waals surface area contributed by atoms with Crippen LogP contribution in [0.25, 0.3) is 0 Å². The summed E-state index contributed by atoms with van der Waals surface area (Å²) in [5.41, 5.74) is 1.40. The van der Waals surface area contributed by atoms with Crippen molar-refractivity contribution in [3.05, 3.63) is 71.8 Å². The van der Waals surface area contributed by atoms with E-state index in [4.69, 9.17) is 10.2 Å².